The van der Waals surface area contributed by atoms with Gasteiger partial charge in [0.25, 0.3) is 0 Å². The molecule has 3 N–H and O–H groups in total. The first-order valence-electron chi connectivity index (χ1n) is 7.75. The number of hydrogen-bond acceptors (Lipinski definition) is 3. The van der Waals surface area contributed by atoms with Gasteiger partial charge < -0.3 is 11.1 Å². The van der Waals surface area contributed by atoms with Crippen LogP contribution in [-0.2, 0) is 11.3 Å². The number of rotatable bonds is 6. The fraction of sp³-hybridized carbons (Fsp3) is 0.562. The second-order valence-electron chi connectivity index (χ2n) is 5.70. The van der Waals surface area contributed by atoms with Crippen molar-refractivity contribution in [3.8, 4) is 0 Å². The molecule has 4 nitrogen and oxygen atoms in total. The van der Waals surface area contributed by atoms with Crippen LogP contribution in [-0.4, -0.2) is 36.5 Å². The average Bonchev–Trinajstić information content (AvgIpc) is 2.50. The summed E-state index contributed by atoms with van der Waals surface area (Å²) in [6.45, 7) is 2.50. The third kappa shape index (κ3) is 6.26. The van der Waals surface area contributed by atoms with Gasteiger partial charge >= 0.3 is 0 Å². The van der Waals surface area contributed by atoms with Crippen LogP contribution < -0.4 is 11.1 Å². The number of likely N-dealkylation sites (tertiary alicyclic amines) is 1. The molecule has 130 valence electrons. The Morgan fingerprint density at radius 3 is 2.96 bits per heavy atom. The number of amides is 1. The van der Waals surface area contributed by atoms with Gasteiger partial charge in [-0.15, -0.1) is 12.4 Å². The molecule has 1 aliphatic heterocycles. The van der Waals surface area contributed by atoms with E-state index in [0.717, 1.165) is 31.4 Å². The van der Waals surface area contributed by atoms with E-state index in [4.69, 9.17) is 17.3 Å². The number of nitrogens with zero attached hydrogens (tertiary/aromatic N) is 1. The number of benzene rings is 1. The minimum atomic E-state index is -0.274. The number of piperidine rings is 1. The monoisotopic (exact) mass is 363 g/mol. The molecule has 23 heavy (non-hydrogen) atoms. The van der Waals surface area contributed by atoms with E-state index in [1.165, 1.54) is 12.1 Å². The van der Waals surface area contributed by atoms with Crippen molar-refractivity contribution in [3.63, 3.8) is 0 Å². The summed E-state index contributed by atoms with van der Waals surface area (Å²) in [6.07, 6.45) is 3.63. The first-order chi connectivity index (χ1) is 10.6. The van der Waals surface area contributed by atoms with Gasteiger partial charge in [0.1, 0.15) is 5.82 Å². The van der Waals surface area contributed by atoms with E-state index in [-0.39, 0.29) is 30.2 Å². The van der Waals surface area contributed by atoms with Crippen molar-refractivity contribution in [3.05, 3.63) is 34.6 Å². The van der Waals surface area contributed by atoms with Gasteiger partial charge in [-0.2, -0.15) is 0 Å². The van der Waals surface area contributed by atoms with Crippen LogP contribution in [0.3, 0.4) is 0 Å². The molecule has 1 aromatic rings. The lowest BCUT2D eigenvalue weighted by Crippen LogP contribution is -2.46. The van der Waals surface area contributed by atoms with E-state index in [1.54, 1.807) is 6.07 Å². The second kappa shape index (κ2) is 10.1. The van der Waals surface area contributed by atoms with E-state index in [1.807, 2.05) is 0 Å². The largest absolute Gasteiger partial charge is 0.354 e. The SMILES string of the molecule is Cl.NCCC(=O)NCC1CCCCN1Cc1cc(F)ccc1Cl. The zero-order valence-electron chi connectivity index (χ0n) is 13.1. The van der Waals surface area contributed by atoms with Crippen molar-refractivity contribution >= 4 is 29.9 Å². The minimum Gasteiger partial charge on any atom is -0.354 e. The van der Waals surface area contributed by atoms with Crippen LogP contribution in [0.15, 0.2) is 18.2 Å². The normalized spacial score (nSPS) is 18.3. The molecular formula is C16H24Cl2FN3O. The standard InChI is InChI=1S/C16H23ClFN3O.ClH/c17-15-5-4-13(18)9-12(15)11-21-8-2-1-3-14(21)10-20-16(22)6-7-19;/h4-5,9,14H,1-3,6-8,10-11,19H2,(H,20,22);1H. The first kappa shape index (κ1) is 20.2. The van der Waals surface area contributed by atoms with E-state index in [0.29, 0.717) is 31.1 Å². The van der Waals surface area contributed by atoms with Crippen molar-refractivity contribution in [2.75, 3.05) is 19.6 Å². The van der Waals surface area contributed by atoms with Gasteiger partial charge in [-0.3, -0.25) is 9.69 Å². The highest BCUT2D eigenvalue weighted by molar-refractivity contribution is 6.31. The molecule has 0 aliphatic carbocycles. The van der Waals surface area contributed by atoms with Gasteiger partial charge in [-0.25, -0.2) is 4.39 Å². The molecule has 1 aromatic carbocycles. The van der Waals surface area contributed by atoms with Gasteiger partial charge in [0.05, 0.1) is 0 Å². The maximum Gasteiger partial charge on any atom is 0.221 e. The lowest BCUT2D eigenvalue weighted by atomic mass is 10.0. The van der Waals surface area contributed by atoms with Crippen molar-refractivity contribution in [1.29, 1.82) is 0 Å². The van der Waals surface area contributed by atoms with Gasteiger partial charge in [0.15, 0.2) is 0 Å². The maximum atomic E-state index is 13.4. The molecular weight excluding hydrogens is 340 g/mol. The Kier molecular flexibility index (Phi) is 8.84. The number of carbonyl (C=O) groups is 1. The quantitative estimate of drug-likeness (QED) is 0.816. The molecule has 0 radical (unpaired) electrons. The van der Waals surface area contributed by atoms with Gasteiger partial charge in [0.2, 0.25) is 5.91 Å². The Hall–Kier alpha value is -0.880. The van der Waals surface area contributed by atoms with Crippen LogP contribution in [0.4, 0.5) is 4.39 Å². The van der Waals surface area contributed by atoms with Crippen molar-refractivity contribution in [2.24, 2.45) is 5.73 Å². The molecule has 1 aliphatic rings. The lowest BCUT2D eigenvalue weighted by molar-refractivity contribution is -0.121. The van der Waals surface area contributed by atoms with Crippen LogP contribution in [0, 0.1) is 5.82 Å². The summed E-state index contributed by atoms with van der Waals surface area (Å²) in [5, 5.41) is 3.51. The second-order valence-corrected chi connectivity index (χ2v) is 6.11. The van der Waals surface area contributed by atoms with Crippen molar-refractivity contribution < 1.29 is 9.18 Å². The first-order valence-corrected chi connectivity index (χ1v) is 8.12. The number of nitrogens with two attached hydrogens (primary N) is 1. The maximum absolute atomic E-state index is 13.4. The number of halogens is 3. The Morgan fingerprint density at radius 2 is 2.22 bits per heavy atom. The smallest absolute Gasteiger partial charge is 0.221 e. The van der Waals surface area contributed by atoms with Crippen LogP contribution >= 0.6 is 24.0 Å². The van der Waals surface area contributed by atoms with Crippen LogP contribution in [0.2, 0.25) is 5.02 Å². The number of hydrogen-bond donors (Lipinski definition) is 2. The third-order valence-corrected chi connectivity index (χ3v) is 4.41. The van der Waals surface area contributed by atoms with Crippen LogP contribution in [0.1, 0.15) is 31.2 Å². The summed E-state index contributed by atoms with van der Waals surface area (Å²) in [5.41, 5.74) is 6.17. The minimum absolute atomic E-state index is 0. The summed E-state index contributed by atoms with van der Waals surface area (Å²) in [4.78, 5) is 13.8. The Bertz CT molecular complexity index is 516. The molecule has 2 rings (SSSR count). The molecule has 7 heteroatoms. The molecule has 1 saturated heterocycles. The Labute approximate surface area is 148 Å². The molecule has 0 bridgehead atoms. The summed E-state index contributed by atoms with van der Waals surface area (Å²) >= 11 is 6.15. The fourth-order valence-corrected chi connectivity index (χ4v) is 3.01. The highest BCUT2D eigenvalue weighted by Gasteiger charge is 2.23. The molecule has 0 aromatic heterocycles. The predicted octanol–water partition coefficient (Wildman–Crippen LogP) is 2.72. The lowest BCUT2D eigenvalue weighted by Gasteiger charge is -2.36. The zero-order chi connectivity index (χ0) is 15.9. The summed E-state index contributed by atoms with van der Waals surface area (Å²) in [5.74, 6) is -0.291. The topological polar surface area (TPSA) is 58.4 Å². The fourth-order valence-electron chi connectivity index (χ4n) is 2.83. The summed E-state index contributed by atoms with van der Waals surface area (Å²) in [6, 6.07) is 4.71. The molecule has 1 atom stereocenters. The van der Waals surface area contributed by atoms with E-state index in [2.05, 4.69) is 10.2 Å². The van der Waals surface area contributed by atoms with Crippen molar-refractivity contribution in [1.82, 2.24) is 10.2 Å². The van der Waals surface area contributed by atoms with Crippen LogP contribution in [0.25, 0.3) is 0 Å². The Morgan fingerprint density at radius 1 is 1.43 bits per heavy atom. The predicted molar refractivity (Wildman–Crippen MR) is 93.4 cm³/mol. The summed E-state index contributed by atoms with van der Waals surface area (Å²) in [7, 11) is 0. The van der Waals surface area contributed by atoms with Crippen molar-refractivity contribution in [2.45, 2.75) is 38.3 Å². The molecule has 1 fully saturated rings. The van der Waals surface area contributed by atoms with E-state index < -0.39 is 0 Å². The van der Waals surface area contributed by atoms with Gasteiger partial charge in [-0.05, 0) is 43.1 Å². The molecule has 1 amide bonds. The molecule has 0 spiro atoms. The van der Waals surface area contributed by atoms with Gasteiger partial charge in [0, 0.05) is 37.1 Å². The molecule has 1 unspecified atom stereocenters. The van der Waals surface area contributed by atoms with E-state index >= 15 is 0 Å². The van der Waals surface area contributed by atoms with E-state index in [9.17, 15) is 9.18 Å². The third-order valence-electron chi connectivity index (χ3n) is 4.04. The zero-order valence-corrected chi connectivity index (χ0v) is 14.6. The summed E-state index contributed by atoms with van der Waals surface area (Å²) < 4.78 is 13.4. The Balaban J connectivity index is 0.00000264. The highest BCUT2D eigenvalue weighted by Crippen LogP contribution is 2.23. The number of nitrogens with one attached hydrogen (secondary N) is 1. The average molecular weight is 364 g/mol. The van der Waals surface area contributed by atoms with Crippen LogP contribution in [0.5, 0.6) is 0 Å². The highest BCUT2D eigenvalue weighted by atomic mass is 35.5. The van der Waals surface area contributed by atoms with Gasteiger partial charge in [-0.1, -0.05) is 18.0 Å². The molecule has 1 heterocycles. The molecule has 0 saturated carbocycles. The number of carbonyl (C=O) groups excluding carboxylic acids is 1.